The minimum Gasteiger partial charge on any atom is -0.316 e. The van der Waals surface area contributed by atoms with Crippen LogP contribution in [0.25, 0.3) is 0 Å². The van der Waals surface area contributed by atoms with Crippen LogP contribution in [0.15, 0.2) is 24.3 Å². The lowest BCUT2D eigenvalue weighted by molar-refractivity contribution is 0.185. The lowest BCUT2D eigenvalue weighted by atomic mass is 9.59. The van der Waals surface area contributed by atoms with Crippen molar-refractivity contribution < 1.29 is 0 Å². The molecule has 0 radical (unpaired) electrons. The van der Waals surface area contributed by atoms with Gasteiger partial charge in [-0.25, -0.2) is 0 Å². The molecular weight excluding hydrogens is 369 g/mol. The van der Waals surface area contributed by atoms with Crippen LogP contribution in [0.1, 0.15) is 44.6 Å². The van der Waals surface area contributed by atoms with Crippen LogP contribution in [-0.4, -0.2) is 17.0 Å². The van der Waals surface area contributed by atoms with Crippen LogP contribution in [0.2, 0.25) is 5.02 Å². The lowest BCUT2D eigenvalue weighted by Gasteiger charge is -2.52. The molecule has 106 valence electrons. The normalized spacial score (nSPS) is 27.9. The number of benzene rings is 1. The van der Waals surface area contributed by atoms with Crippen molar-refractivity contribution in [3.05, 3.63) is 34.9 Å². The first kappa shape index (κ1) is 15.6. The van der Waals surface area contributed by atoms with E-state index in [1.54, 1.807) is 0 Å². The van der Waals surface area contributed by atoms with Gasteiger partial charge in [-0.3, -0.25) is 0 Å². The van der Waals surface area contributed by atoms with E-state index < -0.39 is 0 Å². The second kappa shape index (κ2) is 6.77. The standard InChI is InChI=1S/C16H23ClIN/c1-3-4-5-15(19-2)16(11-10-14(16)18)12-6-8-13(17)9-7-12/h6-9,14-15,19H,3-5,10-11H2,1-2H3. The minimum atomic E-state index is 0.301. The first-order valence-corrected chi connectivity index (χ1v) is 8.85. The number of unbranched alkanes of at least 4 members (excludes halogenated alkanes) is 1. The Labute approximate surface area is 135 Å². The molecule has 3 unspecified atom stereocenters. The van der Waals surface area contributed by atoms with Gasteiger partial charge in [-0.05, 0) is 44.0 Å². The molecule has 0 aromatic heterocycles. The average molecular weight is 392 g/mol. The summed E-state index contributed by atoms with van der Waals surface area (Å²) in [6.07, 6.45) is 6.44. The number of hydrogen-bond donors (Lipinski definition) is 1. The highest BCUT2D eigenvalue weighted by molar-refractivity contribution is 14.1. The van der Waals surface area contributed by atoms with E-state index in [0.717, 1.165) is 8.95 Å². The molecule has 19 heavy (non-hydrogen) atoms. The Hall–Kier alpha value is 0.200. The second-order valence-electron chi connectivity index (χ2n) is 5.54. The summed E-state index contributed by atoms with van der Waals surface area (Å²) < 4.78 is 0.723. The molecule has 1 aromatic rings. The smallest absolute Gasteiger partial charge is 0.0406 e. The number of nitrogens with one attached hydrogen (secondary N) is 1. The second-order valence-corrected chi connectivity index (χ2v) is 7.48. The molecule has 1 aliphatic rings. The van der Waals surface area contributed by atoms with Crippen LogP contribution < -0.4 is 5.32 Å². The van der Waals surface area contributed by atoms with Crippen molar-refractivity contribution in [3.63, 3.8) is 0 Å². The molecule has 1 nitrogen and oxygen atoms in total. The molecular formula is C16H23ClIN. The van der Waals surface area contributed by atoms with Gasteiger partial charge in [0.2, 0.25) is 0 Å². The fourth-order valence-corrected chi connectivity index (χ4v) is 4.85. The number of halogens is 2. The largest absolute Gasteiger partial charge is 0.316 e. The van der Waals surface area contributed by atoms with Crippen LogP contribution in [0.5, 0.6) is 0 Å². The maximum absolute atomic E-state index is 6.04. The van der Waals surface area contributed by atoms with Crippen molar-refractivity contribution in [2.75, 3.05) is 7.05 Å². The molecule has 0 heterocycles. The molecule has 1 fully saturated rings. The lowest BCUT2D eigenvalue weighted by Crippen LogP contribution is -2.58. The molecule has 0 amide bonds. The van der Waals surface area contributed by atoms with Gasteiger partial charge in [-0.2, -0.15) is 0 Å². The van der Waals surface area contributed by atoms with Gasteiger partial charge in [0.15, 0.2) is 0 Å². The van der Waals surface area contributed by atoms with E-state index in [4.69, 9.17) is 11.6 Å². The van der Waals surface area contributed by atoms with Crippen LogP contribution in [0.3, 0.4) is 0 Å². The van der Waals surface area contributed by atoms with Crippen LogP contribution in [0, 0.1) is 0 Å². The summed E-state index contributed by atoms with van der Waals surface area (Å²) in [7, 11) is 2.11. The van der Waals surface area contributed by atoms with E-state index in [1.807, 2.05) is 12.1 Å². The van der Waals surface area contributed by atoms with E-state index in [9.17, 15) is 0 Å². The van der Waals surface area contributed by atoms with Gasteiger partial charge in [0.1, 0.15) is 0 Å². The van der Waals surface area contributed by atoms with Gasteiger partial charge in [0.25, 0.3) is 0 Å². The molecule has 3 heteroatoms. The quantitative estimate of drug-likeness (QED) is 0.534. The third-order valence-corrected chi connectivity index (χ3v) is 6.55. The summed E-state index contributed by atoms with van der Waals surface area (Å²) >= 11 is 8.68. The van der Waals surface area contributed by atoms with Crippen molar-refractivity contribution in [2.24, 2.45) is 0 Å². The summed E-state index contributed by atoms with van der Waals surface area (Å²) in [5.74, 6) is 0. The molecule has 1 N–H and O–H groups in total. The van der Waals surface area contributed by atoms with Crippen molar-refractivity contribution in [1.82, 2.24) is 5.32 Å². The molecule has 2 rings (SSSR count). The zero-order valence-electron chi connectivity index (χ0n) is 11.8. The highest BCUT2D eigenvalue weighted by atomic mass is 127. The Morgan fingerprint density at radius 1 is 1.42 bits per heavy atom. The third-order valence-electron chi connectivity index (χ3n) is 4.57. The van der Waals surface area contributed by atoms with Gasteiger partial charge < -0.3 is 5.32 Å². The van der Waals surface area contributed by atoms with E-state index in [1.165, 1.54) is 37.7 Å². The molecule has 1 saturated carbocycles. The average Bonchev–Trinajstić information content (AvgIpc) is 2.43. The fourth-order valence-electron chi connectivity index (χ4n) is 3.31. The number of hydrogen-bond acceptors (Lipinski definition) is 1. The van der Waals surface area contributed by atoms with E-state index in [-0.39, 0.29) is 0 Å². The Morgan fingerprint density at radius 2 is 2.11 bits per heavy atom. The number of alkyl halides is 1. The number of rotatable bonds is 6. The summed E-state index contributed by atoms with van der Waals surface area (Å²) in [5.41, 5.74) is 1.76. The van der Waals surface area contributed by atoms with Gasteiger partial charge >= 0.3 is 0 Å². The van der Waals surface area contributed by atoms with Crippen LogP contribution in [-0.2, 0) is 5.41 Å². The van der Waals surface area contributed by atoms with Crippen molar-refractivity contribution in [1.29, 1.82) is 0 Å². The summed E-state index contributed by atoms with van der Waals surface area (Å²) in [4.78, 5) is 0. The zero-order chi connectivity index (χ0) is 13.9. The first-order valence-electron chi connectivity index (χ1n) is 7.22. The van der Waals surface area contributed by atoms with Gasteiger partial charge in [0, 0.05) is 20.4 Å². The van der Waals surface area contributed by atoms with E-state index in [2.05, 4.69) is 54.0 Å². The molecule has 0 aliphatic heterocycles. The fraction of sp³-hybridized carbons (Fsp3) is 0.625. The summed E-state index contributed by atoms with van der Waals surface area (Å²) in [6.45, 7) is 2.27. The zero-order valence-corrected chi connectivity index (χ0v) is 14.7. The predicted molar refractivity (Wildman–Crippen MR) is 92.5 cm³/mol. The maximum Gasteiger partial charge on any atom is 0.0406 e. The monoisotopic (exact) mass is 391 g/mol. The van der Waals surface area contributed by atoms with Crippen LogP contribution in [0.4, 0.5) is 0 Å². The minimum absolute atomic E-state index is 0.301. The molecule has 3 atom stereocenters. The summed E-state index contributed by atoms with van der Waals surface area (Å²) in [5, 5.41) is 4.42. The van der Waals surface area contributed by atoms with Gasteiger partial charge in [0.05, 0.1) is 0 Å². The molecule has 1 aromatic carbocycles. The van der Waals surface area contributed by atoms with E-state index in [0.29, 0.717) is 11.5 Å². The third kappa shape index (κ3) is 2.96. The van der Waals surface area contributed by atoms with E-state index >= 15 is 0 Å². The highest BCUT2D eigenvalue weighted by Crippen LogP contribution is 2.51. The van der Waals surface area contributed by atoms with Gasteiger partial charge in [-0.1, -0.05) is 66.1 Å². The first-order chi connectivity index (χ1) is 9.15. The molecule has 1 aliphatic carbocycles. The van der Waals surface area contributed by atoms with Gasteiger partial charge in [-0.15, -0.1) is 0 Å². The molecule has 0 bridgehead atoms. The maximum atomic E-state index is 6.04. The topological polar surface area (TPSA) is 12.0 Å². The summed E-state index contributed by atoms with van der Waals surface area (Å²) in [6, 6.07) is 9.09. The Balaban J connectivity index is 2.29. The molecule has 0 saturated heterocycles. The van der Waals surface area contributed by atoms with Crippen molar-refractivity contribution in [3.8, 4) is 0 Å². The Kier molecular flexibility index (Phi) is 5.55. The van der Waals surface area contributed by atoms with Crippen molar-refractivity contribution >= 4 is 34.2 Å². The SMILES string of the molecule is CCCCC(NC)C1(c2ccc(Cl)cc2)CCC1I. The number of likely N-dealkylation sites (N-methyl/N-ethyl adjacent to an activating group) is 1. The predicted octanol–water partition coefficient (Wildman–Crippen LogP) is 4.95. The van der Waals surface area contributed by atoms with Crippen molar-refractivity contribution in [2.45, 2.75) is 54.4 Å². The Morgan fingerprint density at radius 3 is 2.53 bits per heavy atom. The van der Waals surface area contributed by atoms with Crippen LogP contribution >= 0.6 is 34.2 Å². The molecule has 0 spiro atoms. The highest BCUT2D eigenvalue weighted by Gasteiger charge is 2.51. The Bertz CT molecular complexity index is 406.